The maximum Gasteiger partial charge on any atom is 0.155 e. The number of ketones is 1. The average molecular weight is 144 g/mol. The largest absolute Gasteiger partial charge is 0.370 e. The van der Waals surface area contributed by atoms with Crippen LogP contribution in [0.25, 0.3) is 0 Å². The molecule has 60 valence electrons. The molecule has 0 fully saturated rings. The summed E-state index contributed by atoms with van der Waals surface area (Å²) >= 11 is 0. The van der Waals surface area contributed by atoms with E-state index in [9.17, 15) is 4.79 Å². The first kappa shape index (κ1) is 9.63. The van der Waals surface area contributed by atoms with E-state index in [2.05, 4.69) is 13.8 Å². The Balaban J connectivity index is 3.39. The number of ether oxygens (including phenoxy) is 1. The fourth-order valence-corrected chi connectivity index (χ4v) is 0.441. The van der Waals surface area contributed by atoms with Crippen molar-refractivity contribution in [3.05, 3.63) is 0 Å². The van der Waals surface area contributed by atoms with Crippen molar-refractivity contribution in [3.8, 4) is 0 Å². The van der Waals surface area contributed by atoms with Gasteiger partial charge in [0.25, 0.3) is 0 Å². The molecule has 2 nitrogen and oxygen atoms in total. The number of rotatable bonds is 4. The number of carbonyl (C=O) groups is 1. The van der Waals surface area contributed by atoms with E-state index in [1.807, 2.05) is 6.92 Å². The number of Topliss-reactive ketones (excluding diaryl/α,β-unsaturated/α-hetero) is 1. The van der Waals surface area contributed by atoms with Gasteiger partial charge in [-0.05, 0) is 19.8 Å². The minimum Gasteiger partial charge on any atom is -0.370 e. The summed E-state index contributed by atoms with van der Waals surface area (Å²) in [6.45, 7) is 7.91. The molecule has 0 radical (unpaired) electrons. The van der Waals surface area contributed by atoms with Crippen molar-refractivity contribution >= 4 is 5.78 Å². The fraction of sp³-hybridized carbons (Fsp3) is 0.875. The maximum absolute atomic E-state index is 10.4. The van der Waals surface area contributed by atoms with Gasteiger partial charge in [0.15, 0.2) is 5.78 Å². The zero-order valence-corrected chi connectivity index (χ0v) is 7.18. The van der Waals surface area contributed by atoms with Crippen LogP contribution in [0.4, 0.5) is 0 Å². The molecule has 0 saturated heterocycles. The van der Waals surface area contributed by atoms with Gasteiger partial charge < -0.3 is 4.74 Å². The maximum atomic E-state index is 10.4. The molecule has 0 aromatic heterocycles. The summed E-state index contributed by atoms with van der Waals surface area (Å²) in [6, 6.07) is 0. The van der Waals surface area contributed by atoms with E-state index in [1.54, 1.807) is 0 Å². The normalized spacial score (nSPS) is 13.7. The summed E-state index contributed by atoms with van der Waals surface area (Å²) in [5.74, 6) is 0.576. The first-order valence-corrected chi connectivity index (χ1v) is 3.65. The second-order valence-electron chi connectivity index (χ2n) is 2.96. The summed E-state index contributed by atoms with van der Waals surface area (Å²) in [4.78, 5) is 10.4. The molecular weight excluding hydrogens is 128 g/mol. The lowest BCUT2D eigenvalue weighted by molar-refractivity contribution is -0.123. The number of carbonyl (C=O) groups excluding carboxylic acids is 1. The lowest BCUT2D eigenvalue weighted by atomic mass is 10.1. The van der Waals surface area contributed by atoms with Crippen molar-refractivity contribution < 1.29 is 9.53 Å². The van der Waals surface area contributed by atoms with Crippen LogP contribution in [0.1, 0.15) is 27.7 Å². The molecule has 0 spiro atoms. The van der Waals surface area contributed by atoms with Crippen LogP contribution in [-0.4, -0.2) is 18.5 Å². The van der Waals surface area contributed by atoms with Gasteiger partial charge in [0.2, 0.25) is 0 Å². The Hall–Kier alpha value is -0.370. The van der Waals surface area contributed by atoms with Crippen molar-refractivity contribution in [2.24, 2.45) is 5.92 Å². The fourth-order valence-electron chi connectivity index (χ4n) is 0.441. The van der Waals surface area contributed by atoms with Gasteiger partial charge >= 0.3 is 0 Å². The van der Waals surface area contributed by atoms with Gasteiger partial charge in [-0.3, -0.25) is 4.79 Å². The van der Waals surface area contributed by atoms with E-state index >= 15 is 0 Å². The molecule has 0 unspecified atom stereocenters. The SMILES string of the molecule is CC(=O)CO[C@H](C)C(C)C. The second kappa shape index (κ2) is 4.45. The third-order valence-corrected chi connectivity index (χ3v) is 1.49. The molecule has 0 aromatic carbocycles. The molecule has 0 N–H and O–H groups in total. The van der Waals surface area contributed by atoms with Crippen LogP contribution in [0.3, 0.4) is 0 Å². The highest BCUT2D eigenvalue weighted by atomic mass is 16.5. The summed E-state index contributed by atoms with van der Waals surface area (Å²) < 4.78 is 5.22. The molecule has 0 aliphatic rings. The van der Waals surface area contributed by atoms with E-state index in [1.165, 1.54) is 6.92 Å². The van der Waals surface area contributed by atoms with Crippen molar-refractivity contribution in [3.63, 3.8) is 0 Å². The highest BCUT2D eigenvalue weighted by molar-refractivity contribution is 5.76. The van der Waals surface area contributed by atoms with Gasteiger partial charge in [0.05, 0.1) is 6.10 Å². The minimum atomic E-state index is 0.0903. The van der Waals surface area contributed by atoms with Crippen LogP contribution in [0, 0.1) is 5.92 Å². The van der Waals surface area contributed by atoms with E-state index in [4.69, 9.17) is 4.74 Å². The molecule has 0 aliphatic carbocycles. The van der Waals surface area contributed by atoms with Crippen LogP contribution >= 0.6 is 0 Å². The van der Waals surface area contributed by atoms with Crippen molar-refractivity contribution in [1.29, 1.82) is 0 Å². The average Bonchev–Trinajstić information content (AvgIpc) is 1.82. The van der Waals surface area contributed by atoms with Crippen molar-refractivity contribution in [2.45, 2.75) is 33.8 Å². The predicted molar refractivity (Wildman–Crippen MR) is 40.9 cm³/mol. The van der Waals surface area contributed by atoms with Crippen LogP contribution in [0.15, 0.2) is 0 Å². The Morgan fingerprint density at radius 2 is 1.90 bits per heavy atom. The quantitative estimate of drug-likeness (QED) is 0.599. The van der Waals surface area contributed by atoms with Gasteiger partial charge in [0, 0.05) is 0 Å². The molecule has 0 heterocycles. The monoisotopic (exact) mass is 144 g/mol. The predicted octanol–water partition coefficient (Wildman–Crippen LogP) is 1.64. The van der Waals surface area contributed by atoms with Gasteiger partial charge in [0.1, 0.15) is 6.61 Å². The molecule has 10 heavy (non-hydrogen) atoms. The summed E-state index contributed by atoms with van der Waals surface area (Å²) in [5, 5.41) is 0. The molecule has 0 aromatic rings. The lowest BCUT2D eigenvalue weighted by Crippen LogP contribution is -2.18. The van der Waals surface area contributed by atoms with Gasteiger partial charge in [-0.1, -0.05) is 13.8 Å². The van der Waals surface area contributed by atoms with Crippen LogP contribution in [0.5, 0.6) is 0 Å². The van der Waals surface area contributed by atoms with E-state index in [-0.39, 0.29) is 18.5 Å². The summed E-state index contributed by atoms with van der Waals surface area (Å²) in [5.41, 5.74) is 0. The third-order valence-electron chi connectivity index (χ3n) is 1.49. The van der Waals surface area contributed by atoms with E-state index in [0.717, 1.165) is 0 Å². The zero-order chi connectivity index (χ0) is 8.15. The molecule has 0 saturated carbocycles. The van der Waals surface area contributed by atoms with Crippen LogP contribution in [0.2, 0.25) is 0 Å². The number of hydrogen-bond acceptors (Lipinski definition) is 2. The first-order chi connectivity index (χ1) is 4.54. The van der Waals surface area contributed by atoms with E-state index in [0.29, 0.717) is 5.92 Å². The Bertz CT molecular complexity index is 108. The molecule has 0 amide bonds. The Morgan fingerprint density at radius 1 is 1.40 bits per heavy atom. The van der Waals surface area contributed by atoms with Gasteiger partial charge in [-0.15, -0.1) is 0 Å². The van der Waals surface area contributed by atoms with Crippen molar-refractivity contribution in [1.82, 2.24) is 0 Å². The highest BCUT2D eigenvalue weighted by Gasteiger charge is 2.07. The standard InChI is InChI=1S/C8H16O2/c1-6(2)8(4)10-5-7(3)9/h6,8H,5H2,1-4H3/t8-/m1/s1. The first-order valence-electron chi connectivity index (χ1n) is 3.65. The molecule has 0 rings (SSSR count). The molecule has 0 bridgehead atoms. The number of hydrogen-bond donors (Lipinski definition) is 0. The van der Waals surface area contributed by atoms with Crippen LogP contribution in [-0.2, 0) is 9.53 Å². The molecule has 0 aliphatic heterocycles. The molecule has 1 atom stereocenters. The minimum absolute atomic E-state index is 0.0903. The molecular formula is C8H16O2. The van der Waals surface area contributed by atoms with E-state index < -0.39 is 0 Å². The highest BCUT2D eigenvalue weighted by Crippen LogP contribution is 2.04. The van der Waals surface area contributed by atoms with Gasteiger partial charge in [-0.2, -0.15) is 0 Å². The Labute approximate surface area is 62.6 Å². The lowest BCUT2D eigenvalue weighted by Gasteiger charge is -2.14. The van der Waals surface area contributed by atoms with Crippen molar-refractivity contribution in [2.75, 3.05) is 6.61 Å². The zero-order valence-electron chi connectivity index (χ0n) is 7.18. The van der Waals surface area contributed by atoms with Gasteiger partial charge in [-0.25, -0.2) is 0 Å². The topological polar surface area (TPSA) is 26.3 Å². The summed E-state index contributed by atoms with van der Waals surface area (Å²) in [7, 11) is 0. The smallest absolute Gasteiger partial charge is 0.155 e. The second-order valence-corrected chi connectivity index (χ2v) is 2.96. The molecule has 2 heteroatoms. The Kier molecular flexibility index (Phi) is 4.28. The summed E-state index contributed by atoms with van der Waals surface area (Å²) in [6.07, 6.45) is 0.184. The Morgan fingerprint density at radius 3 is 2.20 bits per heavy atom. The van der Waals surface area contributed by atoms with Crippen LogP contribution < -0.4 is 0 Å². The third kappa shape index (κ3) is 4.50.